The Morgan fingerprint density at radius 3 is 2.45 bits per heavy atom. The van der Waals surface area contributed by atoms with E-state index in [1.165, 1.54) is 17.2 Å². The molecule has 1 saturated carbocycles. The van der Waals surface area contributed by atoms with E-state index >= 15 is 0 Å². The minimum Gasteiger partial charge on any atom is -0.365 e. The maximum atomic E-state index is 14.0. The SMILES string of the molecule is CC1(C)c2c([nH]c3ccccc23)C(C(N)=O)=CN(C(=O)c2ccc(F)c(F)c2)C1C1CCC1. The molecule has 0 saturated heterocycles. The molecular formula is C26H25F2N3O2. The number of halogens is 2. The average Bonchev–Trinajstić information content (AvgIpc) is 3.09. The lowest BCUT2D eigenvalue weighted by Crippen LogP contribution is -2.53. The molecule has 2 amide bonds. The molecule has 2 aromatic carbocycles. The molecule has 1 aromatic heterocycles. The van der Waals surface area contributed by atoms with Crippen molar-refractivity contribution in [3.05, 3.63) is 77.1 Å². The number of fused-ring (bicyclic) bond motifs is 3. The summed E-state index contributed by atoms with van der Waals surface area (Å²) in [6.07, 6.45) is 4.43. The lowest BCUT2D eigenvalue weighted by molar-refractivity contribution is -0.112. The van der Waals surface area contributed by atoms with Crippen LogP contribution in [0.5, 0.6) is 0 Å². The topological polar surface area (TPSA) is 79.2 Å². The summed E-state index contributed by atoms with van der Waals surface area (Å²) in [5.41, 5.74) is 7.85. The fourth-order valence-corrected chi connectivity index (χ4v) is 5.51. The minimum atomic E-state index is -1.09. The van der Waals surface area contributed by atoms with Gasteiger partial charge in [0.15, 0.2) is 11.6 Å². The van der Waals surface area contributed by atoms with E-state index in [1.54, 1.807) is 0 Å². The molecule has 3 aromatic rings. The first-order valence-electron chi connectivity index (χ1n) is 11.1. The van der Waals surface area contributed by atoms with Gasteiger partial charge in [0.25, 0.3) is 11.8 Å². The summed E-state index contributed by atoms with van der Waals surface area (Å²) < 4.78 is 27.5. The highest BCUT2D eigenvalue weighted by atomic mass is 19.2. The Labute approximate surface area is 190 Å². The Bertz CT molecular complexity index is 1320. The van der Waals surface area contributed by atoms with Crippen LogP contribution in [0.2, 0.25) is 0 Å². The van der Waals surface area contributed by atoms with Crippen LogP contribution in [0.1, 0.15) is 54.7 Å². The number of H-pyrrole nitrogens is 1. The van der Waals surface area contributed by atoms with Crippen LogP contribution in [-0.2, 0) is 10.2 Å². The minimum absolute atomic E-state index is 0.0181. The Hall–Kier alpha value is -3.48. The van der Waals surface area contributed by atoms with Crippen molar-refractivity contribution >= 4 is 28.3 Å². The summed E-state index contributed by atoms with van der Waals surface area (Å²) in [7, 11) is 0. The van der Waals surface area contributed by atoms with Gasteiger partial charge in [0.2, 0.25) is 0 Å². The highest BCUT2D eigenvalue weighted by Gasteiger charge is 2.48. The zero-order valence-electron chi connectivity index (χ0n) is 18.5. The van der Waals surface area contributed by atoms with Gasteiger partial charge in [0.1, 0.15) is 0 Å². The fourth-order valence-electron chi connectivity index (χ4n) is 5.51. The summed E-state index contributed by atoms with van der Waals surface area (Å²) >= 11 is 0. The third-order valence-corrected chi connectivity index (χ3v) is 7.19. The van der Waals surface area contributed by atoms with Crippen LogP contribution in [0, 0.1) is 17.6 Å². The van der Waals surface area contributed by atoms with Crippen LogP contribution in [0.4, 0.5) is 8.78 Å². The maximum absolute atomic E-state index is 14.0. The second-order valence-corrected chi connectivity index (χ2v) is 9.53. The smallest absolute Gasteiger partial charge is 0.258 e. The van der Waals surface area contributed by atoms with Crippen molar-refractivity contribution in [1.82, 2.24) is 9.88 Å². The van der Waals surface area contributed by atoms with Gasteiger partial charge in [-0.25, -0.2) is 8.78 Å². The molecule has 3 N–H and O–H groups in total. The number of carbonyl (C=O) groups excluding carboxylic acids is 2. The van der Waals surface area contributed by atoms with Crippen molar-refractivity contribution in [2.75, 3.05) is 0 Å². The van der Waals surface area contributed by atoms with E-state index in [9.17, 15) is 18.4 Å². The molecule has 7 heteroatoms. The number of hydrogen-bond acceptors (Lipinski definition) is 2. The Kier molecular flexibility index (Phi) is 4.88. The highest BCUT2D eigenvalue weighted by Crippen LogP contribution is 2.49. The van der Waals surface area contributed by atoms with Gasteiger partial charge in [0, 0.05) is 34.1 Å². The van der Waals surface area contributed by atoms with Crippen LogP contribution < -0.4 is 5.73 Å². The van der Waals surface area contributed by atoms with Crippen molar-refractivity contribution in [3.8, 4) is 0 Å². The van der Waals surface area contributed by atoms with E-state index in [0.717, 1.165) is 47.9 Å². The second kappa shape index (κ2) is 7.54. The largest absolute Gasteiger partial charge is 0.365 e. The normalized spacial score (nSPS) is 20.1. The van der Waals surface area contributed by atoms with Crippen LogP contribution in [0.15, 0.2) is 48.7 Å². The van der Waals surface area contributed by atoms with E-state index in [1.807, 2.05) is 24.3 Å². The third kappa shape index (κ3) is 3.25. The van der Waals surface area contributed by atoms with Gasteiger partial charge in [0.05, 0.1) is 11.3 Å². The van der Waals surface area contributed by atoms with Crippen molar-refractivity contribution in [2.24, 2.45) is 11.7 Å². The quantitative estimate of drug-likeness (QED) is 0.598. The van der Waals surface area contributed by atoms with Gasteiger partial charge in [-0.2, -0.15) is 0 Å². The van der Waals surface area contributed by atoms with Crippen LogP contribution in [0.25, 0.3) is 16.5 Å². The Morgan fingerprint density at radius 2 is 1.82 bits per heavy atom. The van der Waals surface area contributed by atoms with E-state index in [4.69, 9.17) is 5.73 Å². The number of primary amides is 1. The Morgan fingerprint density at radius 1 is 1.09 bits per heavy atom. The molecule has 5 nitrogen and oxygen atoms in total. The van der Waals surface area contributed by atoms with Crippen molar-refractivity contribution in [1.29, 1.82) is 0 Å². The summed E-state index contributed by atoms with van der Waals surface area (Å²) in [5.74, 6) is -3.08. The second-order valence-electron chi connectivity index (χ2n) is 9.53. The first-order valence-corrected chi connectivity index (χ1v) is 11.1. The molecule has 5 rings (SSSR count). The van der Waals surface area contributed by atoms with Gasteiger partial charge in [-0.05, 0) is 48.6 Å². The number of nitrogens with two attached hydrogens (primary N) is 1. The van der Waals surface area contributed by atoms with Crippen LogP contribution in [0.3, 0.4) is 0 Å². The standard InChI is InChI=1S/C26H25F2N3O2/c1-26(2)21-16-8-3-4-9-20(16)30-22(21)17(24(29)32)13-31(23(26)14-6-5-7-14)25(33)15-10-11-18(27)19(28)12-15/h3-4,8-14,23,30H,5-7H2,1-2H3,(H2,29,32). The van der Waals surface area contributed by atoms with Crippen molar-refractivity contribution in [2.45, 2.75) is 44.6 Å². The molecule has 1 unspecified atom stereocenters. The summed E-state index contributed by atoms with van der Waals surface area (Å²) in [4.78, 5) is 31.2. The fraction of sp³-hybridized carbons (Fsp3) is 0.308. The highest BCUT2D eigenvalue weighted by molar-refractivity contribution is 6.20. The number of aromatic amines is 1. The van der Waals surface area contributed by atoms with Crippen LogP contribution in [-0.4, -0.2) is 27.7 Å². The monoisotopic (exact) mass is 449 g/mol. The molecule has 1 aliphatic heterocycles. The molecule has 1 atom stereocenters. The number of hydrogen-bond donors (Lipinski definition) is 2. The molecule has 33 heavy (non-hydrogen) atoms. The molecule has 0 radical (unpaired) electrons. The number of aromatic nitrogens is 1. The molecule has 0 bridgehead atoms. The first-order chi connectivity index (χ1) is 15.7. The molecular weight excluding hydrogens is 424 g/mol. The van der Waals surface area contributed by atoms with Gasteiger partial charge < -0.3 is 15.6 Å². The summed E-state index contributed by atoms with van der Waals surface area (Å²) in [6.45, 7) is 4.14. The lowest BCUT2D eigenvalue weighted by atomic mass is 9.65. The van der Waals surface area contributed by atoms with Crippen LogP contribution >= 0.6 is 0 Å². The number of nitrogens with zero attached hydrogens (tertiary/aromatic N) is 1. The van der Waals surface area contributed by atoms with E-state index < -0.39 is 28.9 Å². The van der Waals surface area contributed by atoms with Crippen molar-refractivity contribution in [3.63, 3.8) is 0 Å². The maximum Gasteiger partial charge on any atom is 0.258 e. The molecule has 1 aliphatic carbocycles. The lowest BCUT2D eigenvalue weighted by Gasteiger charge is -2.47. The number of rotatable bonds is 3. The predicted molar refractivity (Wildman–Crippen MR) is 122 cm³/mol. The van der Waals surface area contributed by atoms with Crippen molar-refractivity contribution < 1.29 is 18.4 Å². The predicted octanol–water partition coefficient (Wildman–Crippen LogP) is 4.87. The van der Waals surface area contributed by atoms with Gasteiger partial charge in [-0.3, -0.25) is 9.59 Å². The molecule has 1 fully saturated rings. The summed E-state index contributed by atoms with van der Waals surface area (Å²) in [5, 5.41) is 0.969. The zero-order valence-corrected chi connectivity index (χ0v) is 18.5. The average molecular weight is 450 g/mol. The third-order valence-electron chi connectivity index (χ3n) is 7.19. The number of carbonyl (C=O) groups is 2. The molecule has 0 spiro atoms. The first kappa shape index (κ1) is 21.4. The number of para-hydroxylation sites is 1. The van der Waals surface area contributed by atoms with Gasteiger partial charge >= 0.3 is 0 Å². The molecule has 170 valence electrons. The number of nitrogens with one attached hydrogen (secondary N) is 1. The number of benzene rings is 2. The molecule has 2 aliphatic rings. The van der Waals surface area contributed by atoms with Gasteiger partial charge in [-0.15, -0.1) is 0 Å². The Balaban J connectivity index is 1.76. The van der Waals surface area contributed by atoms with E-state index in [2.05, 4.69) is 18.8 Å². The number of amides is 2. The zero-order chi connectivity index (χ0) is 23.5. The van der Waals surface area contributed by atoms with Gasteiger partial charge in [-0.1, -0.05) is 38.5 Å². The van der Waals surface area contributed by atoms with E-state index in [-0.39, 0.29) is 23.1 Å². The van der Waals surface area contributed by atoms with E-state index in [0.29, 0.717) is 5.69 Å². The summed E-state index contributed by atoms with van der Waals surface area (Å²) in [6, 6.07) is 10.6. The molecule has 2 heterocycles.